The number of rotatable bonds is 4. The molecule has 0 radical (unpaired) electrons. The molecule has 120 valence electrons. The molecule has 0 aromatic heterocycles. The van der Waals surface area contributed by atoms with Gasteiger partial charge in [0.2, 0.25) is 0 Å². The molecule has 0 unspecified atom stereocenters. The second-order valence-corrected chi connectivity index (χ2v) is 5.74. The van der Waals surface area contributed by atoms with Crippen molar-refractivity contribution in [1.82, 2.24) is 0 Å². The average Bonchev–Trinajstić information content (AvgIpc) is 2.57. The number of benzene rings is 2. The van der Waals surface area contributed by atoms with E-state index in [1.54, 1.807) is 24.3 Å². The SMILES string of the molecule is CC(/C=C(/C#N)C(=O)Nc1cccc(Cl)c1C)=C\c1ccccc1. The zero-order valence-electron chi connectivity index (χ0n) is 13.5. The Labute approximate surface area is 146 Å². The summed E-state index contributed by atoms with van der Waals surface area (Å²) >= 11 is 6.05. The maximum absolute atomic E-state index is 12.3. The summed E-state index contributed by atoms with van der Waals surface area (Å²) in [6.45, 7) is 3.66. The first-order chi connectivity index (χ1) is 11.5. The van der Waals surface area contributed by atoms with E-state index in [0.29, 0.717) is 10.7 Å². The molecule has 0 bridgehead atoms. The van der Waals surface area contributed by atoms with Crippen LogP contribution in [0.5, 0.6) is 0 Å². The molecule has 4 heteroatoms. The third kappa shape index (κ3) is 4.58. The second-order valence-electron chi connectivity index (χ2n) is 5.34. The normalized spacial score (nSPS) is 11.8. The first kappa shape index (κ1) is 17.5. The Morgan fingerprint density at radius 1 is 1.17 bits per heavy atom. The lowest BCUT2D eigenvalue weighted by molar-refractivity contribution is -0.112. The van der Waals surface area contributed by atoms with Gasteiger partial charge in [-0.2, -0.15) is 5.26 Å². The maximum atomic E-state index is 12.3. The standard InChI is InChI=1S/C20H17ClN2O/c1-14(11-16-7-4-3-5-8-16)12-17(13-22)20(24)23-19-10-6-9-18(21)15(19)2/h3-12H,1-2H3,(H,23,24)/b14-11+,17-12-. The highest BCUT2D eigenvalue weighted by Gasteiger charge is 2.11. The first-order valence-corrected chi connectivity index (χ1v) is 7.80. The van der Waals surface area contributed by atoms with Crippen LogP contribution in [0.4, 0.5) is 5.69 Å². The summed E-state index contributed by atoms with van der Waals surface area (Å²) in [7, 11) is 0. The monoisotopic (exact) mass is 336 g/mol. The lowest BCUT2D eigenvalue weighted by atomic mass is 10.1. The van der Waals surface area contributed by atoms with Crippen LogP contribution in [0.25, 0.3) is 6.08 Å². The van der Waals surface area contributed by atoms with Crippen molar-refractivity contribution in [3.05, 3.63) is 81.9 Å². The fourth-order valence-electron chi connectivity index (χ4n) is 2.16. The molecule has 0 spiro atoms. The number of allylic oxidation sites excluding steroid dienone is 2. The first-order valence-electron chi connectivity index (χ1n) is 7.43. The Balaban J connectivity index is 2.21. The summed E-state index contributed by atoms with van der Waals surface area (Å²) in [6.07, 6.45) is 3.48. The zero-order valence-corrected chi connectivity index (χ0v) is 14.3. The van der Waals surface area contributed by atoms with Crippen LogP contribution in [-0.2, 0) is 4.79 Å². The minimum Gasteiger partial charge on any atom is -0.321 e. The highest BCUT2D eigenvalue weighted by molar-refractivity contribution is 6.31. The number of amides is 1. The minimum atomic E-state index is -0.455. The number of nitrogens with zero attached hydrogens (tertiary/aromatic N) is 1. The summed E-state index contributed by atoms with van der Waals surface area (Å²) < 4.78 is 0. The van der Waals surface area contributed by atoms with E-state index in [9.17, 15) is 10.1 Å². The van der Waals surface area contributed by atoms with E-state index in [1.165, 1.54) is 0 Å². The van der Waals surface area contributed by atoms with Crippen molar-refractivity contribution in [2.45, 2.75) is 13.8 Å². The van der Waals surface area contributed by atoms with Crippen molar-refractivity contribution >= 4 is 29.3 Å². The van der Waals surface area contributed by atoms with Gasteiger partial charge in [0, 0.05) is 10.7 Å². The van der Waals surface area contributed by atoms with Crippen molar-refractivity contribution in [2.75, 3.05) is 5.32 Å². The number of anilines is 1. The number of halogens is 1. The molecule has 1 amide bonds. The Kier molecular flexibility index (Phi) is 5.95. The predicted octanol–water partition coefficient (Wildman–Crippen LogP) is 5.14. The lowest BCUT2D eigenvalue weighted by Crippen LogP contribution is -2.14. The van der Waals surface area contributed by atoms with E-state index in [2.05, 4.69) is 5.32 Å². The highest BCUT2D eigenvalue weighted by atomic mass is 35.5. The molecular weight excluding hydrogens is 320 g/mol. The fourth-order valence-corrected chi connectivity index (χ4v) is 2.34. The molecule has 3 nitrogen and oxygen atoms in total. The van der Waals surface area contributed by atoms with Crippen molar-refractivity contribution < 1.29 is 4.79 Å². The molecule has 0 aliphatic heterocycles. The van der Waals surface area contributed by atoms with Crippen LogP contribution in [0.15, 0.2) is 65.8 Å². The molecule has 1 N–H and O–H groups in total. The smallest absolute Gasteiger partial charge is 0.266 e. The van der Waals surface area contributed by atoms with Gasteiger partial charge in [0.1, 0.15) is 11.6 Å². The quantitative estimate of drug-likeness (QED) is 0.477. The third-order valence-electron chi connectivity index (χ3n) is 3.45. The van der Waals surface area contributed by atoms with Gasteiger partial charge < -0.3 is 5.32 Å². The Bertz CT molecular complexity index is 846. The van der Waals surface area contributed by atoms with Crippen molar-refractivity contribution in [3.63, 3.8) is 0 Å². The average molecular weight is 337 g/mol. The summed E-state index contributed by atoms with van der Waals surface area (Å²) in [5, 5.41) is 12.6. The number of nitriles is 1. The predicted molar refractivity (Wildman–Crippen MR) is 98.6 cm³/mol. The van der Waals surface area contributed by atoms with Gasteiger partial charge in [0.15, 0.2) is 0 Å². The van der Waals surface area contributed by atoms with E-state index in [-0.39, 0.29) is 5.57 Å². The van der Waals surface area contributed by atoms with Crippen LogP contribution in [0.1, 0.15) is 18.1 Å². The maximum Gasteiger partial charge on any atom is 0.266 e. The molecular formula is C20H17ClN2O. The van der Waals surface area contributed by atoms with Gasteiger partial charge in [0.25, 0.3) is 5.91 Å². The minimum absolute atomic E-state index is 0.0408. The largest absolute Gasteiger partial charge is 0.321 e. The van der Waals surface area contributed by atoms with Gasteiger partial charge in [-0.05, 0) is 48.8 Å². The molecule has 0 fully saturated rings. The summed E-state index contributed by atoms with van der Waals surface area (Å²) in [6, 6.07) is 16.9. The molecule has 0 aliphatic carbocycles. The molecule has 0 saturated heterocycles. The van der Waals surface area contributed by atoms with Crippen LogP contribution in [0.3, 0.4) is 0 Å². The highest BCUT2D eigenvalue weighted by Crippen LogP contribution is 2.23. The number of carbonyl (C=O) groups is 1. The van der Waals surface area contributed by atoms with Gasteiger partial charge in [-0.3, -0.25) is 4.79 Å². The molecule has 0 heterocycles. The number of nitrogens with one attached hydrogen (secondary N) is 1. The molecule has 2 aromatic carbocycles. The number of carbonyl (C=O) groups excluding carboxylic acids is 1. The van der Waals surface area contributed by atoms with Crippen molar-refractivity contribution in [3.8, 4) is 6.07 Å². The van der Waals surface area contributed by atoms with Crippen LogP contribution < -0.4 is 5.32 Å². The molecule has 0 aliphatic rings. The van der Waals surface area contributed by atoms with Crippen LogP contribution in [0, 0.1) is 18.3 Å². The summed E-state index contributed by atoms with van der Waals surface area (Å²) in [5.41, 5.74) is 3.23. The van der Waals surface area contributed by atoms with E-state index in [4.69, 9.17) is 11.6 Å². The van der Waals surface area contributed by atoms with Gasteiger partial charge in [-0.15, -0.1) is 0 Å². The fraction of sp³-hybridized carbons (Fsp3) is 0.100. The van der Waals surface area contributed by atoms with Crippen LogP contribution in [-0.4, -0.2) is 5.91 Å². The van der Waals surface area contributed by atoms with E-state index in [1.807, 2.05) is 56.3 Å². The zero-order chi connectivity index (χ0) is 17.5. The molecule has 0 atom stereocenters. The van der Waals surface area contributed by atoms with Crippen molar-refractivity contribution in [2.24, 2.45) is 0 Å². The van der Waals surface area contributed by atoms with Gasteiger partial charge in [-0.1, -0.05) is 54.1 Å². The van der Waals surface area contributed by atoms with E-state index >= 15 is 0 Å². The lowest BCUT2D eigenvalue weighted by Gasteiger charge is -2.09. The van der Waals surface area contributed by atoms with Gasteiger partial charge in [-0.25, -0.2) is 0 Å². The van der Waals surface area contributed by atoms with Crippen LogP contribution in [0.2, 0.25) is 5.02 Å². The second kappa shape index (κ2) is 8.14. The van der Waals surface area contributed by atoms with E-state index in [0.717, 1.165) is 16.7 Å². The Morgan fingerprint density at radius 2 is 1.88 bits per heavy atom. The van der Waals surface area contributed by atoms with E-state index < -0.39 is 5.91 Å². The molecule has 2 rings (SSSR count). The topological polar surface area (TPSA) is 52.9 Å². The molecule has 2 aromatic rings. The van der Waals surface area contributed by atoms with Gasteiger partial charge in [0.05, 0.1) is 0 Å². The summed E-state index contributed by atoms with van der Waals surface area (Å²) in [4.78, 5) is 12.3. The number of hydrogen-bond donors (Lipinski definition) is 1. The Morgan fingerprint density at radius 3 is 2.54 bits per heavy atom. The molecule has 0 saturated carbocycles. The Hall–Kier alpha value is -2.83. The van der Waals surface area contributed by atoms with Crippen molar-refractivity contribution in [1.29, 1.82) is 5.26 Å². The van der Waals surface area contributed by atoms with Crippen LogP contribution >= 0.6 is 11.6 Å². The molecule has 24 heavy (non-hydrogen) atoms. The summed E-state index contributed by atoms with van der Waals surface area (Å²) in [5.74, 6) is -0.455. The third-order valence-corrected chi connectivity index (χ3v) is 3.86. The number of hydrogen-bond acceptors (Lipinski definition) is 2. The van der Waals surface area contributed by atoms with Gasteiger partial charge >= 0.3 is 0 Å².